The molecule has 54 heavy (non-hydrogen) atoms. The number of carbonyl (C=O) groups excluding carboxylic acids is 4. The maximum Gasteiger partial charge on any atom is 0.245 e. The molecule has 2 heterocycles. The molecule has 0 aliphatic carbocycles. The summed E-state index contributed by atoms with van der Waals surface area (Å²) in [5.74, 6) is 0.861. The summed E-state index contributed by atoms with van der Waals surface area (Å²) >= 11 is 1.65. The number of ether oxygens (including phenoxy) is 1. The Hall–Kier alpha value is -3.35. The summed E-state index contributed by atoms with van der Waals surface area (Å²) in [6.07, 6.45) is 4.59. The van der Waals surface area contributed by atoms with Gasteiger partial charge >= 0.3 is 0 Å². The van der Waals surface area contributed by atoms with Gasteiger partial charge in [-0.3, -0.25) is 24.1 Å². The molecule has 7 unspecified atom stereocenters. The van der Waals surface area contributed by atoms with Gasteiger partial charge in [0.15, 0.2) is 0 Å². The Kier molecular flexibility index (Phi) is 18.6. The Morgan fingerprint density at radius 3 is 2.26 bits per heavy atom. The van der Waals surface area contributed by atoms with E-state index in [1.807, 2.05) is 81.9 Å². The lowest BCUT2D eigenvalue weighted by Gasteiger charge is -2.41. The number of hydrogen-bond donors (Lipinski definition) is 2. The van der Waals surface area contributed by atoms with Gasteiger partial charge < -0.3 is 29.6 Å². The van der Waals surface area contributed by atoms with Crippen LogP contribution in [0.2, 0.25) is 0 Å². The van der Waals surface area contributed by atoms with Gasteiger partial charge in [-0.05, 0) is 68.8 Å². The fraction of sp³-hybridized carbons (Fsp3) is 0.667. The van der Waals surface area contributed by atoms with Crippen molar-refractivity contribution in [1.82, 2.24) is 25.3 Å². The third-order valence-corrected chi connectivity index (χ3v) is 12.2. The zero-order valence-electron chi connectivity index (χ0n) is 34.4. The number of methoxy groups -OCH3 is 1. The Balaban J connectivity index is 1.78. The van der Waals surface area contributed by atoms with E-state index in [1.54, 1.807) is 37.1 Å². The van der Waals surface area contributed by atoms with E-state index < -0.39 is 18.2 Å². The van der Waals surface area contributed by atoms with E-state index in [9.17, 15) is 19.2 Å². The van der Waals surface area contributed by atoms with Crippen molar-refractivity contribution in [3.05, 3.63) is 60.1 Å². The maximum absolute atomic E-state index is 14.3. The fourth-order valence-electron chi connectivity index (χ4n) is 7.75. The highest BCUT2D eigenvalue weighted by Gasteiger charge is 2.41. The van der Waals surface area contributed by atoms with Gasteiger partial charge in [0.2, 0.25) is 23.6 Å². The topological polar surface area (TPSA) is 124 Å². The van der Waals surface area contributed by atoms with Gasteiger partial charge in [0, 0.05) is 45.0 Å². The molecule has 3 rings (SSSR count). The van der Waals surface area contributed by atoms with Crippen molar-refractivity contribution in [2.45, 2.75) is 121 Å². The van der Waals surface area contributed by atoms with Crippen molar-refractivity contribution < 1.29 is 28.3 Å². The molecule has 0 saturated carbocycles. The molecule has 0 radical (unpaired) electrons. The van der Waals surface area contributed by atoms with Gasteiger partial charge in [0.05, 0.1) is 36.6 Å². The van der Waals surface area contributed by atoms with E-state index in [-0.39, 0.29) is 71.6 Å². The molecule has 12 heteroatoms. The lowest BCUT2D eigenvalue weighted by atomic mass is 9.89. The molecule has 2 aromatic rings. The first kappa shape index (κ1) is 45.0. The summed E-state index contributed by atoms with van der Waals surface area (Å²) < 4.78 is 11.7. The number of hydrogen-bond acceptors (Lipinski definition) is 8. The smallest absolute Gasteiger partial charge is 0.245 e. The van der Waals surface area contributed by atoms with E-state index >= 15 is 0 Å². The van der Waals surface area contributed by atoms with E-state index in [4.69, 9.17) is 9.15 Å². The van der Waals surface area contributed by atoms with Crippen LogP contribution in [0.25, 0.3) is 0 Å². The number of likely N-dealkylation sites (tertiary alicyclic amines) is 1. The fourth-order valence-corrected chi connectivity index (χ4v) is 9.07. The molecule has 1 aromatic carbocycles. The minimum absolute atomic E-state index is 0.0101. The number of carbonyl (C=O) groups is 4. The second-order valence-corrected chi connectivity index (χ2v) is 16.9. The zero-order chi connectivity index (χ0) is 39.9. The molecule has 4 amide bonds. The Morgan fingerprint density at radius 2 is 1.69 bits per heavy atom. The number of rotatable bonds is 22. The molecule has 0 spiro atoms. The quantitative estimate of drug-likeness (QED) is 0.158. The van der Waals surface area contributed by atoms with Crippen LogP contribution in [0.5, 0.6) is 0 Å². The van der Waals surface area contributed by atoms with Crippen molar-refractivity contribution in [1.29, 1.82) is 0 Å². The molecule has 7 atom stereocenters. The number of nitrogens with one attached hydrogen (secondary N) is 2. The number of thioether (sulfide) groups is 1. The van der Waals surface area contributed by atoms with Crippen LogP contribution in [-0.4, -0.2) is 115 Å². The first-order valence-corrected chi connectivity index (χ1v) is 20.7. The third-order valence-electron chi connectivity index (χ3n) is 10.8. The molecule has 1 aliphatic rings. The van der Waals surface area contributed by atoms with Gasteiger partial charge in [0.25, 0.3) is 0 Å². The van der Waals surface area contributed by atoms with Crippen LogP contribution >= 0.6 is 11.8 Å². The van der Waals surface area contributed by atoms with Crippen LogP contribution < -0.4 is 10.6 Å². The van der Waals surface area contributed by atoms with Gasteiger partial charge in [-0.25, -0.2) is 0 Å². The summed E-state index contributed by atoms with van der Waals surface area (Å²) in [6.45, 7) is 13.1. The van der Waals surface area contributed by atoms with Crippen molar-refractivity contribution >= 4 is 35.4 Å². The minimum Gasteiger partial charge on any atom is -0.468 e. The van der Waals surface area contributed by atoms with E-state index in [1.165, 1.54) is 5.56 Å². The van der Waals surface area contributed by atoms with Crippen molar-refractivity contribution in [3.8, 4) is 0 Å². The van der Waals surface area contributed by atoms with Gasteiger partial charge in [-0.1, -0.05) is 78.3 Å². The Bertz CT molecular complexity index is 1430. The van der Waals surface area contributed by atoms with E-state index in [2.05, 4.69) is 36.6 Å². The molecule has 1 saturated heterocycles. The van der Waals surface area contributed by atoms with Crippen LogP contribution in [0.15, 0.2) is 53.1 Å². The first-order chi connectivity index (χ1) is 25.7. The number of furan rings is 1. The van der Waals surface area contributed by atoms with Gasteiger partial charge in [0.1, 0.15) is 11.8 Å². The molecule has 0 bridgehead atoms. The monoisotopic (exact) mass is 769 g/mol. The average Bonchev–Trinajstić information content (AvgIpc) is 3.84. The van der Waals surface area contributed by atoms with Crippen molar-refractivity contribution in [3.63, 3.8) is 0 Å². The number of amides is 4. The molecule has 302 valence electrons. The highest BCUT2D eigenvalue weighted by Crippen LogP contribution is 2.33. The van der Waals surface area contributed by atoms with Gasteiger partial charge in [-0.15, -0.1) is 11.8 Å². The highest BCUT2D eigenvalue weighted by atomic mass is 32.2. The summed E-state index contributed by atoms with van der Waals surface area (Å²) in [5.41, 5.74) is 1.17. The van der Waals surface area contributed by atoms with Crippen LogP contribution in [0, 0.1) is 17.8 Å². The lowest BCUT2D eigenvalue weighted by molar-refractivity contribution is -0.146. The highest BCUT2D eigenvalue weighted by molar-refractivity contribution is 7.99. The van der Waals surface area contributed by atoms with Crippen molar-refractivity contribution in [2.75, 3.05) is 41.3 Å². The summed E-state index contributed by atoms with van der Waals surface area (Å²) in [6, 6.07) is 12.2. The third kappa shape index (κ3) is 12.9. The molecular weight excluding hydrogens is 703 g/mol. The van der Waals surface area contributed by atoms with E-state index in [0.717, 1.165) is 31.4 Å². The largest absolute Gasteiger partial charge is 0.468 e. The maximum atomic E-state index is 14.3. The number of benzene rings is 1. The molecule has 1 fully saturated rings. The first-order valence-electron chi connectivity index (χ1n) is 19.7. The Morgan fingerprint density at radius 1 is 0.981 bits per heavy atom. The van der Waals surface area contributed by atoms with Crippen LogP contribution in [0.4, 0.5) is 0 Å². The summed E-state index contributed by atoms with van der Waals surface area (Å²) in [4.78, 5) is 60.9. The predicted octanol–water partition coefficient (Wildman–Crippen LogP) is 5.63. The van der Waals surface area contributed by atoms with Crippen LogP contribution in [0.1, 0.15) is 85.0 Å². The number of nitrogens with zero attached hydrogens (tertiary/aromatic N) is 3. The average molecular weight is 770 g/mol. The second kappa shape index (κ2) is 22.3. The standard InChI is InChI=1S/C42H67N5O6S/c1-11-30(6)40(46(9)42(51)38(28(2)3)44-41(50)39(29(4)5)45(7)8)34(52-10)25-37(49)47-23-15-20-33(47)35(54-27-32-19-16-24-53-32)26-36(48)43-22-21-31-17-13-12-14-18-31/h12-14,16-19,24,28-30,33-35,38-40H,11,15,20-23,25-27H2,1-10H3,(H,43,48)(H,44,50). The van der Waals surface area contributed by atoms with Crippen LogP contribution in [-0.2, 0) is 36.1 Å². The Labute approximate surface area is 328 Å². The summed E-state index contributed by atoms with van der Waals surface area (Å²) in [7, 11) is 7.10. The minimum atomic E-state index is -0.739. The summed E-state index contributed by atoms with van der Waals surface area (Å²) in [5, 5.41) is 6.02. The normalized spacial score (nSPS) is 17.9. The lowest BCUT2D eigenvalue weighted by Crippen LogP contribution is -2.59. The molecule has 2 N–H and O–H groups in total. The second-order valence-electron chi connectivity index (χ2n) is 15.7. The van der Waals surface area contributed by atoms with Crippen molar-refractivity contribution in [2.24, 2.45) is 17.8 Å². The number of likely N-dealkylation sites (N-methyl/N-ethyl adjacent to an activating group) is 2. The molecule has 1 aliphatic heterocycles. The zero-order valence-corrected chi connectivity index (χ0v) is 35.2. The van der Waals surface area contributed by atoms with Gasteiger partial charge in [-0.2, -0.15) is 0 Å². The molecule has 1 aromatic heterocycles. The molecular formula is C42H67N5O6S. The molecule has 11 nitrogen and oxygen atoms in total. The predicted molar refractivity (Wildman–Crippen MR) is 217 cm³/mol. The van der Waals surface area contributed by atoms with E-state index in [0.29, 0.717) is 18.8 Å². The van der Waals surface area contributed by atoms with Crippen LogP contribution in [0.3, 0.4) is 0 Å². The SMILES string of the molecule is CCC(C)C(C(CC(=O)N1CCCC1C(CC(=O)NCCc1ccccc1)SCc1ccco1)OC)N(C)C(=O)C(NC(=O)C(C(C)C)N(C)C)C(C)C.